The first-order valence-corrected chi connectivity index (χ1v) is 11.1. The lowest BCUT2D eigenvalue weighted by molar-refractivity contribution is -0.137. The molecule has 9 heteroatoms. The summed E-state index contributed by atoms with van der Waals surface area (Å²) >= 11 is 0. The molecule has 0 unspecified atom stereocenters. The van der Waals surface area contributed by atoms with Gasteiger partial charge in [0.15, 0.2) is 0 Å². The van der Waals surface area contributed by atoms with Gasteiger partial charge in [0.25, 0.3) is 0 Å². The summed E-state index contributed by atoms with van der Waals surface area (Å²) in [5, 5.41) is 5.70. The zero-order chi connectivity index (χ0) is 24.6. The first-order valence-electron chi connectivity index (χ1n) is 11.1. The molecular weight excluding hydrogens is 447 g/mol. The third-order valence-corrected chi connectivity index (χ3v) is 5.59. The average Bonchev–Trinajstić information content (AvgIpc) is 2.83. The molecule has 1 aliphatic heterocycles. The second kappa shape index (κ2) is 11.9. The Morgan fingerprint density at radius 2 is 1.76 bits per heavy atom. The summed E-state index contributed by atoms with van der Waals surface area (Å²) in [7, 11) is 0. The molecule has 3 rings (SSSR count). The summed E-state index contributed by atoms with van der Waals surface area (Å²) in [6.07, 6.45) is -2.36. The molecule has 2 N–H and O–H groups in total. The molecule has 1 fully saturated rings. The Balaban J connectivity index is 1.43. The number of rotatable bonds is 10. The lowest BCUT2D eigenvalue weighted by atomic mass is 10.0. The highest BCUT2D eigenvalue weighted by molar-refractivity contribution is 5.98. The summed E-state index contributed by atoms with van der Waals surface area (Å²) in [6.45, 7) is 8.42. The van der Waals surface area contributed by atoms with E-state index in [0.29, 0.717) is 28.6 Å². The molecule has 0 amide bonds. The fraction of sp³-hybridized carbons (Fsp3) is 0.400. The van der Waals surface area contributed by atoms with Crippen LogP contribution in [-0.4, -0.2) is 37.1 Å². The SMILES string of the molecule is C=C(COc1ccc(C(C)=NOCc2ccc(C(F)(F)F)cc2)cc1)N(N)CC1CCOCC1. The maximum atomic E-state index is 12.6. The van der Waals surface area contributed by atoms with Gasteiger partial charge in [0, 0.05) is 19.8 Å². The average molecular weight is 478 g/mol. The van der Waals surface area contributed by atoms with E-state index in [4.69, 9.17) is 20.2 Å². The number of oxime groups is 1. The number of ether oxygens (including phenoxy) is 2. The Morgan fingerprint density at radius 1 is 1.12 bits per heavy atom. The van der Waals surface area contributed by atoms with Crippen molar-refractivity contribution in [2.24, 2.45) is 16.9 Å². The van der Waals surface area contributed by atoms with Crippen LogP contribution in [0.5, 0.6) is 5.75 Å². The first-order chi connectivity index (χ1) is 16.2. The fourth-order valence-corrected chi connectivity index (χ4v) is 3.42. The molecule has 1 saturated heterocycles. The first kappa shape index (κ1) is 25.6. The Bertz CT molecular complexity index is 954. The molecule has 0 radical (unpaired) electrons. The van der Waals surface area contributed by atoms with Gasteiger partial charge < -0.3 is 19.3 Å². The second-order valence-corrected chi connectivity index (χ2v) is 8.23. The Kier molecular flexibility index (Phi) is 8.95. The number of hydrazine groups is 1. The van der Waals surface area contributed by atoms with Gasteiger partial charge in [0.2, 0.25) is 0 Å². The minimum Gasteiger partial charge on any atom is -0.487 e. The fourth-order valence-electron chi connectivity index (χ4n) is 3.42. The third-order valence-electron chi connectivity index (χ3n) is 5.59. The van der Waals surface area contributed by atoms with E-state index in [1.165, 1.54) is 12.1 Å². The van der Waals surface area contributed by atoms with Crippen molar-refractivity contribution in [2.45, 2.75) is 32.5 Å². The van der Waals surface area contributed by atoms with Crippen molar-refractivity contribution in [3.05, 3.63) is 77.5 Å². The number of nitrogens with zero attached hydrogens (tertiary/aromatic N) is 2. The van der Waals surface area contributed by atoms with E-state index in [0.717, 1.165) is 50.3 Å². The maximum absolute atomic E-state index is 12.6. The molecule has 0 saturated carbocycles. The summed E-state index contributed by atoms with van der Waals surface area (Å²) < 4.78 is 49.0. The largest absolute Gasteiger partial charge is 0.487 e. The zero-order valence-electron chi connectivity index (χ0n) is 19.2. The predicted octanol–water partition coefficient (Wildman–Crippen LogP) is 5.14. The number of benzene rings is 2. The maximum Gasteiger partial charge on any atom is 0.416 e. The Hall–Kier alpha value is -3.04. The van der Waals surface area contributed by atoms with Crippen molar-refractivity contribution < 1.29 is 27.5 Å². The van der Waals surface area contributed by atoms with Gasteiger partial charge >= 0.3 is 6.18 Å². The zero-order valence-corrected chi connectivity index (χ0v) is 19.2. The third kappa shape index (κ3) is 7.78. The molecular formula is C25H30F3N3O3. The summed E-state index contributed by atoms with van der Waals surface area (Å²) in [6, 6.07) is 12.1. The van der Waals surface area contributed by atoms with Crippen molar-refractivity contribution in [1.82, 2.24) is 5.01 Å². The summed E-state index contributed by atoms with van der Waals surface area (Å²) in [5.41, 5.74) is 2.07. The lowest BCUT2D eigenvalue weighted by Crippen LogP contribution is -2.38. The van der Waals surface area contributed by atoms with E-state index in [1.807, 2.05) is 24.3 Å². The Labute approximate surface area is 197 Å². The topological polar surface area (TPSA) is 69.3 Å². The van der Waals surface area contributed by atoms with E-state index in [-0.39, 0.29) is 13.2 Å². The highest BCUT2D eigenvalue weighted by Crippen LogP contribution is 2.29. The standard InChI is InChI=1S/C25H30F3N3O3/c1-18(31(29)15-20-11-13-32-14-12-20)16-33-24-9-5-22(6-10-24)19(2)30-34-17-21-3-7-23(8-4-21)25(26,27)28/h3-10,20H,1,11-17,29H2,2H3. The number of halogens is 3. The quantitative estimate of drug-likeness (QED) is 0.292. The highest BCUT2D eigenvalue weighted by Gasteiger charge is 2.29. The van der Waals surface area contributed by atoms with Crippen LogP contribution in [0, 0.1) is 5.92 Å². The van der Waals surface area contributed by atoms with Gasteiger partial charge in [-0.25, -0.2) is 5.84 Å². The summed E-state index contributed by atoms with van der Waals surface area (Å²) in [4.78, 5) is 5.30. The van der Waals surface area contributed by atoms with Gasteiger partial charge in [0.1, 0.15) is 19.0 Å². The van der Waals surface area contributed by atoms with Crippen molar-refractivity contribution in [1.29, 1.82) is 0 Å². The predicted molar refractivity (Wildman–Crippen MR) is 124 cm³/mol. The van der Waals surface area contributed by atoms with Gasteiger partial charge in [-0.3, -0.25) is 0 Å². The van der Waals surface area contributed by atoms with E-state index >= 15 is 0 Å². The van der Waals surface area contributed by atoms with Crippen LogP contribution in [-0.2, 0) is 22.4 Å². The molecule has 6 nitrogen and oxygen atoms in total. The number of hydrogen-bond acceptors (Lipinski definition) is 6. The van der Waals surface area contributed by atoms with Gasteiger partial charge in [-0.15, -0.1) is 0 Å². The van der Waals surface area contributed by atoms with Gasteiger partial charge in [0.05, 0.1) is 17.0 Å². The van der Waals surface area contributed by atoms with Crippen molar-refractivity contribution in [3.63, 3.8) is 0 Å². The minimum atomic E-state index is -4.36. The van der Waals surface area contributed by atoms with Crippen LogP contribution in [0.3, 0.4) is 0 Å². The van der Waals surface area contributed by atoms with Crippen LogP contribution in [0.25, 0.3) is 0 Å². The number of hydrogen-bond donors (Lipinski definition) is 1. The lowest BCUT2D eigenvalue weighted by Gasteiger charge is -2.28. The van der Waals surface area contributed by atoms with Gasteiger partial charge in [-0.1, -0.05) is 23.9 Å². The van der Waals surface area contributed by atoms with Gasteiger partial charge in [-0.05, 0) is 73.2 Å². The van der Waals surface area contributed by atoms with Crippen LogP contribution >= 0.6 is 0 Å². The smallest absolute Gasteiger partial charge is 0.416 e. The minimum absolute atomic E-state index is 0.0717. The van der Waals surface area contributed by atoms with E-state index in [1.54, 1.807) is 11.9 Å². The molecule has 0 bridgehead atoms. The van der Waals surface area contributed by atoms with E-state index in [2.05, 4.69) is 11.7 Å². The van der Waals surface area contributed by atoms with Crippen LogP contribution in [0.2, 0.25) is 0 Å². The van der Waals surface area contributed by atoms with Crippen LogP contribution in [0.1, 0.15) is 36.5 Å². The molecule has 184 valence electrons. The number of nitrogens with two attached hydrogens (primary N) is 1. The highest BCUT2D eigenvalue weighted by atomic mass is 19.4. The normalized spacial score (nSPS) is 15.1. The molecule has 0 spiro atoms. The van der Waals surface area contributed by atoms with Crippen molar-refractivity contribution in [2.75, 3.05) is 26.4 Å². The van der Waals surface area contributed by atoms with Gasteiger partial charge in [-0.2, -0.15) is 13.2 Å². The van der Waals surface area contributed by atoms with Crippen LogP contribution in [0.15, 0.2) is 66.0 Å². The molecule has 0 atom stereocenters. The molecule has 1 aliphatic rings. The van der Waals surface area contributed by atoms with E-state index < -0.39 is 11.7 Å². The summed E-state index contributed by atoms with van der Waals surface area (Å²) in [5.74, 6) is 7.29. The molecule has 2 aromatic rings. The number of alkyl halides is 3. The Morgan fingerprint density at radius 3 is 2.38 bits per heavy atom. The molecule has 2 aromatic carbocycles. The van der Waals surface area contributed by atoms with E-state index in [9.17, 15) is 13.2 Å². The molecule has 0 aliphatic carbocycles. The van der Waals surface area contributed by atoms with Crippen LogP contribution in [0.4, 0.5) is 13.2 Å². The monoisotopic (exact) mass is 477 g/mol. The molecule has 0 aromatic heterocycles. The van der Waals surface area contributed by atoms with Crippen molar-refractivity contribution >= 4 is 5.71 Å². The second-order valence-electron chi connectivity index (χ2n) is 8.23. The molecule has 34 heavy (non-hydrogen) atoms. The van der Waals surface area contributed by atoms with Crippen molar-refractivity contribution in [3.8, 4) is 5.75 Å². The molecule has 1 heterocycles. The van der Waals surface area contributed by atoms with Crippen LogP contribution < -0.4 is 10.6 Å².